The fourth-order valence-electron chi connectivity index (χ4n) is 8.54. The van der Waals surface area contributed by atoms with Crippen molar-refractivity contribution in [3.8, 4) is 16.9 Å². The van der Waals surface area contributed by atoms with Crippen molar-refractivity contribution >= 4 is 12.2 Å². The number of benzene rings is 3. The van der Waals surface area contributed by atoms with Crippen LogP contribution in [0.4, 0.5) is 0 Å². The van der Waals surface area contributed by atoms with Crippen LogP contribution in [-0.4, -0.2) is 9.78 Å². The molecule has 0 bridgehead atoms. The maximum absolute atomic E-state index is 5.17. The van der Waals surface area contributed by atoms with E-state index in [1.807, 2.05) is 0 Å². The molecule has 0 saturated heterocycles. The Hall–Kier alpha value is -3.39. The van der Waals surface area contributed by atoms with Crippen molar-refractivity contribution in [2.24, 2.45) is 16.2 Å². The molecule has 4 aromatic rings. The standard InChI is InChI=1S/C47H66N2/c1-42(2,3)31-45(10,11)36-21-16-34(17-22-36)18-27-39-30-41(35-19-23-37(24-20-35)46(12,13)32-43(4,5)6)49(48-39)40-28-25-38(26-29-40)47(14,15)33-44(7,8)9/h16-30H,31-33H2,1-15H3. The SMILES string of the molecule is CC(C)(C)CC(C)(C)c1ccc(C=Cc2cc(-c3ccc(C(C)(C)CC(C)(C)C)cc3)n(-c3ccc(C(C)(C)CC(C)(C)C)cc3)n2)cc1. The molecule has 0 aliphatic rings. The van der Waals surface area contributed by atoms with E-state index in [2.05, 4.69) is 200 Å². The highest BCUT2D eigenvalue weighted by Crippen LogP contribution is 2.39. The summed E-state index contributed by atoms with van der Waals surface area (Å²) in [4.78, 5) is 0. The minimum Gasteiger partial charge on any atom is -0.233 e. The molecule has 1 aromatic heterocycles. The lowest BCUT2D eigenvalue weighted by Crippen LogP contribution is -2.24. The molecule has 0 aliphatic carbocycles. The predicted octanol–water partition coefficient (Wildman–Crippen LogP) is 13.9. The molecule has 3 aromatic carbocycles. The lowest BCUT2D eigenvalue weighted by molar-refractivity contribution is 0.283. The zero-order valence-corrected chi connectivity index (χ0v) is 33.7. The zero-order valence-electron chi connectivity index (χ0n) is 33.7. The maximum atomic E-state index is 5.17. The van der Waals surface area contributed by atoms with Gasteiger partial charge < -0.3 is 0 Å². The maximum Gasteiger partial charge on any atom is 0.0862 e. The van der Waals surface area contributed by atoms with Crippen LogP contribution in [0.25, 0.3) is 29.1 Å². The summed E-state index contributed by atoms with van der Waals surface area (Å²) in [6.07, 6.45) is 7.72. The van der Waals surface area contributed by atoms with Crippen molar-refractivity contribution in [3.63, 3.8) is 0 Å². The van der Waals surface area contributed by atoms with E-state index in [-0.39, 0.29) is 32.5 Å². The van der Waals surface area contributed by atoms with Crippen molar-refractivity contribution in [2.45, 2.75) is 139 Å². The second-order valence-electron chi connectivity index (χ2n) is 20.3. The van der Waals surface area contributed by atoms with Gasteiger partial charge in [0.25, 0.3) is 0 Å². The Bertz CT molecular complexity index is 1610. The Morgan fingerprint density at radius 1 is 0.469 bits per heavy atom. The lowest BCUT2D eigenvalue weighted by Gasteiger charge is -2.33. The summed E-state index contributed by atoms with van der Waals surface area (Å²) in [5, 5.41) is 5.17. The Morgan fingerprint density at radius 3 is 1.22 bits per heavy atom. The molecule has 0 aliphatic heterocycles. The van der Waals surface area contributed by atoms with E-state index in [0.717, 1.165) is 36.3 Å². The van der Waals surface area contributed by atoms with Crippen LogP contribution in [0.3, 0.4) is 0 Å². The number of nitrogens with zero attached hydrogens (tertiary/aromatic N) is 2. The Balaban J connectivity index is 1.70. The van der Waals surface area contributed by atoms with Gasteiger partial charge in [0, 0.05) is 5.56 Å². The van der Waals surface area contributed by atoms with Crippen molar-refractivity contribution in [3.05, 3.63) is 107 Å². The summed E-state index contributed by atoms with van der Waals surface area (Å²) < 4.78 is 2.12. The third-order valence-electron chi connectivity index (χ3n) is 9.64. The lowest BCUT2D eigenvalue weighted by atomic mass is 9.72. The third-order valence-corrected chi connectivity index (χ3v) is 9.64. The second-order valence-corrected chi connectivity index (χ2v) is 20.3. The molecule has 0 saturated carbocycles. The summed E-state index contributed by atoms with van der Waals surface area (Å²) in [5.41, 5.74) is 10.7. The highest BCUT2D eigenvalue weighted by Gasteiger charge is 2.29. The van der Waals surface area contributed by atoms with Gasteiger partial charge >= 0.3 is 0 Å². The summed E-state index contributed by atoms with van der Waals surface area (Å²) in [5.74, 6) is 0. The highest BCUT2D eigenvalue weighted by molar-refractivity contribution is 5.72. The van der Waals surface area contributed by atoms with Gasteiger partial charge in [-0.05, 0) is 98.3 Å². The first kappa shape index (κ1) is 38.4. The molecule has 2 heteroatoms. The van der Waals surface area contributed by atoms with E-state index in [0.29, 0.717) is 0 Å². The first-order chi connectivity index (χ1) is 22.3. The van der Waals surface area contributed by atoms with Crippen LogP contribution in [0.5, 0.6) is 0 Å². The molecule has 0 N–H and O–H groups in total. The minimum absolute atomic E-state index is 0.0881. The predicted molar refractivity (Wildman–Crippen MR) is 216 cm³/mol. The van der Waals surface area contributed by atoms with Crippen LogP contribution >= 0.6 is 0 Å². The summed E-state index contributed by atoms with van der Waals surface area (Å²) >= 11 is 0. The minimum atomic E-state index is 0.0881. The third kappa shape index (κ3) is 10.6. The number of rotatable bonds is 10. The monoisotopic (exact) mass is 659 g/mol. The first-order valence-corrected chi connectivity index (χ1v) is 18.4. The van der Waals surface area contributed by atoms with Gasteiger partial charge in [0.05, 0.1) is 17.1 Å². The van der Waals surface area contributed by atoms with E-state index in [1.54, 1.807) is 0 Å². The highest BCUT2D eigenvalue weighted by atomic mass is 15.3. The molecule has 0 atom stereocenters. The van der Waals surface area contributed by atoms with Crippen molar-refractivity contribution in [1.29, 1.82) is 0 Å². The normalized spacial score (nSPS) is 13.8. The first-order valence-electron chi connectivity index (χ1n) is 18.4. The van der Waals surface area contributed by atoms with Crippen LogP contribution in [0.2, 0.25) is 0 Å². The second kappa shape index (κ2) is 13.7. The van der Waals surface area contributed by atoms with Crippen LogP contribution in [-0.2, 0) is 16.2 Å². The molecule has 0 unspecified atom stereocenters. The fourth-order valence-corrected chi connectivity index (χ4v) is 8.54. The van der Waals surface area contributed by atoms with Gasteiger partial charge in [0.2, 0.25) is 0 Å². The van der Waals surface area contributed by atoms with Crippen LogP contribution in [0.1, 0.15) is 151 Å². The van der Waals surface area contributed by atoms with E-state index in [1.165, 1.54) is 27.8 Å². The van der Waals surface area contributed by atoms with Crippen molar-refractivity contribution < 1.29 is 0 Å². The van der Waals surface area contributed by atoms with Crippen molar-refractivity contribution in [1.82, 2.24) is 9.78 Å². The Morgan fingerprint density at radius 2 is 0.837 bits per heavy atom. The quantitative estimate of drug-likeness (QED) is 0.166. The topological polar surface area (TPSA) is 17.8 Å². The number of aromatic nitrogens is 2. The van der Waals surface area contributed by atoms with Gasteiger partial charge in [0.1, 0.15) is 0 Å². The Kier molecular flexibility index (Phi) is 10.8. The molecule has 264 valence electrons. The average molecular weight is 659 g/mol. The van der Waals surface area contributed by atoms with Gasteiger partial charge in [-0.2, -0.15) is 5.10 Å². The van der Waals surface area contributed by atoms with Gasteiger partial charge in [-0.15, -0.1) is 0 Å². The molecule has 0 spiro atoms. The summed E-state index contributed by atoms with van der Waals surface area (Å²) in [6.45, 7) is 35.1. The summed E-state index contributed by atoms with van der Waals surface area (Å²) in [7, 11) is 0. The molecule has 49 heavy (non-hydrogen) atoms. The number of hydrogen-bond acceptors (Lipinski definition) is 1. The molecule has 0 radical (unpaired) electrons. The molecule has 2 nitrogen and oxygen atoms in total. The molecular weight excluding hydrogens is 593 g/mol. The molecule has 1 heterocycles. The molecular formula is C47H66N2. The van der Waals surface area contributed by atoms with Gasteiger partial charge in [0.15, 0.2) is 0 Å². The van der Waals surface area contributed by atoms with Gasteiger partial charge in [-0.25, -0.2) is 4.68 Å². The summed E-state index contributed by atoms with van der Waals surface area (Å²) in [6, 6.07) is 29.5. The van der Waals surface area contributed by atoms with Crippen LogP contribution in [0, 0.1) is 16.2 Å². The fraction of sp³-hybridized carbons (Fsp3) is 0.511. The molecule has 0 amide bonds. The number of hydrogen-bond donors (Lipinski definition) is 0. The molecule has 4 rings (SSSR count). The molecule has 0 fully saturated rings. The Labute approximate surface area is 300 Å². The van der Waals surface area contributed by atoms with Crippen LogP contribution in [0.15, 0.2) is 78.9 Å². The van der Waals surface area contributed by atoms with Gasteiger partial charge in [-0.1, -0.05) is 171 Å². The van der Waals surface area contributed by atoms with Crippen LogP contribution < -0.4 is 0 Å². The van der Waals surface area contributed by atoms with E-state index >= 15 is 0 Å². The average Bonchev–Trinajstić information content (AvgIpc) is 3.37. The van der Waals surface area contributed by atoms with E-state index in [4.69, 9.17) is 5.10 Å². The van der Waals surface area contributed by atoms with E-state index in [9.17, 15) is 0 Å². The van der Waals surface area contributed by atoms with E-state index < -0.39 is 0 Å². The van der Waals surface area contributed by atoms with Crippen molar-refractivity contribution in [2.75, 3.05) is 0 Å². The largest absolute Gasteiger partial charge is 0.233 e. The smallest absolute Gasteiger partial charge is 0.0862 e. The zero-order chi connectivity index (χ0) is 36.6. The van der Waals surface area contributed by atoms with Gasteiger partial charge in [-0.3, -0.25) is 0 Å².